The largest absolute Gasteiger partial charge is 0.394 e. The van der Waals surface area contributed by atoms with Crippen molar-refractivity contribution >= 4 is 5.91 Å². The van der Waals surface area contributed by atoms with E-state index in [1.54, 1.807) is 0 Å². The van der Waals surface area contributed by atoms with Crippen molar-refractivity contribution in [3.05, 3.63) is 71.8 Å². The van der Waals surface area contributed by atoms with Gasteiger partial charge in [-0.25, -0.2) is 5.06 Å². The molecule has 0 radical (unpaired) electrons. The Kier molecular flexibility index (Phi) is 6.35. The molecule has 2 N–H and O–H groups in total. The molecule has 0 bridgehead atoms. The molecule has 1 saturated heterocycles. The number of hydrogen-bond acceptors (Lipinski definition) is 5. The molecule has 1 aliphatic rings. The molecular weight excluding hydrogens is 334 g/mol. The van der Waals surface area contributed by atoms with E-state index in [4.69, 9.17) is 9.57 Å². The van der Waals surface area contributed by atoms with Crippen molar-refractivity contribution < 1.29 is 24.6 Å². The molecule has 0 spiro atoms. The maximum absolute atomic E-state index is 12.7. The molecule has 6 nitrogen and oxygen atoms in total. The van der Waals surface area contributed by atoms with Gasteiger partial charge in [-0.3, -0.25) is 9.63 Å². The average Bonchev–Trinajstić information content (AvgIpc) is 3.01. The zero-order chi connectivity index (χ0) is 18.4. The molecule has 3 rings (SSSR count). The average molecular weight is 357 g/mol. The summed E-state index contributed by atoms with van der Waals surface area (Å²) >= 11 is 0. The Morgan fingerprint density at radius 3 is 2.15 bits per heavy atom. The lowest BCUT2D eigenvalue weighted by molar-refractivity contribution is -0.209. The number of benzene rings is 2. The Labute approximate surface area is 152 Å². The Morgan fingerprint density at radius 2 is 1.58 bits per heavy atom. The highest BCUT2D eigenvalue weighted by molar-refractivity contribution is 5.82. The van der Waals surface area contributed by atoms with Crippen LogP contribution in [-0.4, -0.2) is 46.0 Å². The van der Waals surface area contributed by atoms with Crippen LogP contribution in [0.15, 0.2) is 60.7 Å². The molecule has 0 aromatic heterocycles. The van der Waals surface area contributed by atoms with E-state index in [9.17, 15) is 15.0 Å². The Balaban J connectivity index is 1.64. The van der Waals surface area contributed by atoms with E-state index in [2.05, 4.69) is 0 Å². The van der Waals surface area contributed by atoms with Gasteiger partial charge in [0, 0.05) is 6.42 Å². The monoisotopic (exact) mass is 357 g/mol. The first kappa shape index (κ1) is 18.5. The molecule has 1 heterocycles. The van der Waals surface area contributed by atoms with E-state index < -0.39 is 24.9 Å². The van der Waals surface area contributed by atoms with E-state index >= 15 is 0 Å². The number of nitrogens with zero attached hydrogens (tertiary/aromatic N) is 1. The smallest absolute Gasteiger partial charge is 0.275 e. The highest BCUT2D eigenvalue weighted by atomic mass is 16.7. The zero-order valence-electron chi connectivity index (χ0n) is 14.4. The number of rotatable bonds is 8. The van der Waals surface area contributed by atoms with Crippen LogP contribution < -0.4 is 0 Å². The first-order chi connectivity index (χ1) is 12.7. The molecule has 26 heavy (non-hydrogen) atoms. The minimum atomic E-state index is -1.08. The third-order valence-corrected chi connectivity index (χ3v) is 4.39. The molecule has 2 aromatic carbocycles. The third kappa shape index (κ3) is 4.47. The summed E-state index contributed by atoms with van der Waals surface area (Å²) < 4.78 is 5.74. The van der Waals surface area contributed by atoms with Gasteiger partial charge in [0.1, 0.15) is 18.8 Å². The normalized spacial score (nSPS) is 21.2. The first-order valence-electron chi connectivity index (χ1n) is 8.63. The lowest BCUT2D eigenvalue weighted by Gasteiger charge is -2.26. The summed E-state index contributed by atoms with van der Waals surface area (Å²) in [6.07, 6.45) is -1.53. The van der Waals surface area contributed by atoms with E-state index in [0.717, 1.165) is 16.2 Å². The number of aliphatic hydroxyl groups is 2. The summed E-state index contributed by atoms with van der Waals surface area (Å²) in [6.45, 7) is 0.0485. The fourth-order valence-corrected chi connectivity index (χ4v) is 2.94. The van der Waals surface area contributed by atoms with Crippen LogP contribution in [-0.2, 0) is 27.6 Å². The van der Waals surface area contributed by atoms with Crippen LogP contribution >= 0.6 is 0 Å². The van der Waals surface area contributed by atoms with E-state index in [1.165, 1.54) is 0 Å². The van der Waals surface area contributed by atoms with Crippen LogP contribution in [0, 0.1) is 0 Å². The molecule has 0 aliphatic carbocycles. The number of amides is 1. The molecule has 2 unspecified atom stereocenters. The van der Waals surface area contributed by atoms with Gasteiger partial charge in [-0.2, -0.15) is 0 Å². The van der Waals surface area contributed by atoms with Gasteiger partial charge >= 0.3 is 0 Å². The number of carbonyl (C=O) groups excluding carboxylic acids is 1. The van der Waals surface area contributed by atoms with E-state index in [1.807, 2.05) is 60.7 Å². The van der Waals surface area contributed by atoms with Gasteiger partial charge in [0.05, 0.1) is 19.3 Å². The molecule has 0 saturated carbocycles. The summed E-state index contributed by atoms with van der Waals surface area (Å²) in [5, 5.41) is 20.5. The van der Waals surface area contributed by atoms with Crippen LogP contribution in [0.2, 0.25) is 0 Å². The zero-order valence-corrected chi connectivity index (χ0v) is 14.4. The predicted octanol–water partition coefficient (Wildman–Crippen LogP) is 1.66. The number of hydroxylamine groups is 2. The molecular formula is C20H23NO5. The fourth-order valence-electron chi connectivity index (χ4n) is 2.94. The number of aliphatic hydroxyl groups excluding tert-OH is 2. The highest BCUT2D eigenvalue weighted by Gasteiger charge is 2.44. The maximum Gasteiger partial charge on any atom is 0.275 e. The van der Waals surface area contributed by atoms with Crippen molar-refractivity contribution in [3.8, 4) is 0 Å². The fraction of sp³-hybridized carbons (Fsp3) is 0.350. The van der Waals surface area contributed by atoms with Gasteiger partial charge in [-0.05, 0) is 11.1 Å². The van der Waals surface area contributed by atoms with Crippen LogP contribution in [0.3, 0.4) is 0 Å². The van der Waals surface area contributed by atoms with Gasteiger partial charge in [0.2, 0.25) is 0 Å². The summed E-state index contributed by atoms with van der Waals surface area (Å²) in [5.74, 6) is -0.339. The summed E-state index contributed by atoms with van der Waals surface area (Å²) in [6, 6.07) is 18.4. The van der Waals surface area contributed by atoms with Gasteiger partial charge < -0.3 is 14.9 Å². The summed E-state index contributed by atoms with van der Waals surface area (Å²) in [5.41, 5.74) is 1.87. The standard InChI is InChI=1S/C20H23NO5/c22-12-18(23)17-11-19(25-13-15-7-3-1-4-8-15)20(24)21(17)26-14-16-9-5-2-6-10-16/h1-10,17-19,22-23H,11-14H2/t17?,18-,19?/m1/s1. The maximum atomic E-state index is 12.7. The highest BCUT2D eigenvalue weighted by Crippen LogP contribution is 2.26. The molecule has 1 fully saturated rings. The van der Waals surface area contributed by atoms with Crippen molar-refractivity contribution in [1.29, 1.82) is 0 Å². The molecule has 3 atom stereocenters. The Bertz CT molecular complexity index is 694. The third-order valence-electron chi connectivity index (χ3n) is 4.39. The van der Waals surface area contributed by atoms with Crippen LogP contribution in [0.25, 0.3) is 0 Å². The minimum absolute atomic E-state index is 0.201. The number of hydrogen-bond donors (Lipinski definition) is 2. The SMILES string of the molecule is O=C1C(OCc2ccccc2)CC([C@H](O)CO)N1OCc1ccccc1. The van der Waals surface area contributed by atoms with Crippen LogP contribution in [0.1, 0.15) is 17.5 Å². The lowest BCUT2D eigenvalue weighted by Crippen LogP contribution is -2.42. The quantitative estimate of drug-likeness (QED) is 0.751. The Hall–Kier alpha value is -2.25. The van der Waals surface area contributed by atoms with E-state index in [-0.39, 0.29) is 18.9 Å². The Morgan fingerprint density at radius 1 is 1.00 bits per heavy atom. The molecule has 138 valence electrons. The van der Waals surface area contributed by atoms with Crippen molar-refractivity contribution in [2.45, 2.75) is 37.9 Å². The van der Waals surface area contributed by atoms with E-state index in [0.29, 0.717) is 6.61 Å². The molecule has 6 heteroatoms. The van der Waals surface area contributed by atoms with Crippen LogP contribution in [0.4, 0.5) is 0 Å². The second-order valence-corrected chi connectivity index (χ2v) is 6.26. The van der Waals surface area contributed by atoms with Crippen molar-refractivity contribution in [1.82, 2.24) is 5.06 Å². The van der Waals surface area contributed by atoms with Crippen molar-refractivity contribution in [2.24, 2.45) is 0 Å². The second-order valence-electron chi connectivity index (χ2n) is 6.26. The van der Waals surface area contributed by atoms with Crippen molar-refractivity contribution in [2.75, 3.05) is 6.61 Å². The van der Waals surface area contributed by atoms with Gasteiger partial charge in [0.25, 0.3) is 5.91 Å². The van der Waals surface area contributed by atoms with Gasteiger partial charge in [-0.1, -0.05) is 60.7 Å². The number of ether oxygens (including phenoxy) is 1. The summed E-state index contributed by atoms with van der Waals surface area (Å²) in [7, 11) is 0. The van der Waals surface area contributed by atoms with Gasteiger partial charge in [-0.15, -0.1) is 0 Å². The first-order valence-corrected chi connectivity index (χ1v) is 8.63. The molecule has 1 aliphatic heterocycles. The van der Waals surface area contributed by atoms with Crippen LogP contribution in [0.5, 0.6) is 0 Å². The lowest BCUT2D eigenvalue weighted by atomic mass is 10.1. The molecule has 2 aromatic rings. The predicted molar refractivity (Wildman–Crippen MR) is 94.6 cm³/mol. The van der Waals surface area contributed by atoms with Crippen molar-refractivity contribution in [3.63, 3.8) is 0 Å². The molecule has 1 amide bonds. The van der Waals surface area contributed by atoms with Gasteiger partial charge in [0.15, 0.2) is 0 Å². The number of carbonyl (C=O) groups is 1. The summed E-state index contributed by atoms with van der Waals surface area (Å²) in [4.78, 5) is 18.3. The second kappa shape index (κ2) is 8.91. The minimum Gasteiger partial charge on any atom is -0.394 e. The topological polar surface area (TPSA) is 79.2 Å².